The van der Waals surface area contributed by atoms with Crippen LogP contribution in [0.15, 0.2) is 53.7 Å². The summed E-state index contributed by atoms with van der Waals surface area (Å²) in [6.45, 7) is 0.277. The summed E-state index contributed by atoms with van der Waals surface area (Å²) in [6, 6.07) is 13.2. The fraction of sp³-hybridized carbons (Fsp3) is 0.143. The molecule has 0 aliphatic carbocycles. The highest BCUT2D eigenvalue weighted by molar-refractivity contribution is 8.76. The largest absolute Gasteiger partial charge is 0.535 e. The summed E-state index contributed by atoms with van der Waals surface area (Å²) in [5.74, 6) is 0.653. The lowest BCUT2D eigenvalue weighted by Crippen LogP contribution is -2.26. The number of benzene rings is 1. The van der Waals surface area contributed by atoms with E-state index in [1.165, 1.54) is 4.85 Å². The van der Waals surface area contributed by atoms with E-state index in [0.29, 0.717) is 5.75 Å². The van der Waals surface area contributed by atoms with E-state index in [-0.39, 0.29) is 6.61 Å². The molecule has 114 valence electrons. The molecular weight excluding hydrogens is 322 g/mol. The number of aromatic amines is 1. The SMILES string of the molecule is O=C(OCCSSc1ccccn1)On1[nH]c2ccccc21. The van der Waals surface area contributed by atoms with E-state index in [1.807, 2.05) is 42.5 Å². The molecule has 0 aliphatic rings. The van der Waals surface area contributed by atoms with E-state index in [2.05, 4.69) is 10.1 Å². The fourth-order valence-electron chi connectivity index (χ4n) is 1.69. The van der Waals surface area contributed by atoms with Crippen molar-refractivity contribution in [2.75, 3.05) is 12.4 Å². The molecule has 2 heterocycles. The van der Waals surface area contributed by atoms with Crippen LogP contribution in [-0.2, 0) is 4.74 Å². The monoisotopic (exact) mass is 335 g/mol. The summed E-state index contributed by atoms with van der Waals surface area (Å²) >= 11 is 0. The van der Waals surface area contributed by atoms with Crippen molar-refractivity contribution in [1.82, 2.24) is 14.9 Å². The Bertz CT molecular complexity index is 742. The van der Waals surface area contributed by atoms with E-state index in [1.54, 1.807) is 27.8 Å². The first-order valence-corrected chi connectivity index (χ1v) is 8.86. The Morgan fingerprint density at radius 3 is 2.91 bits per heavy atom. The Kier molecular flexibility index (Phi) is 4.92. The van der Waals surface area contributed by atoms with Crippen molar-refractivity contribution in [2.45, 2.75) is 5.03 Å². The molecule has 0 fully saturated rings. The van der Waals surface area contributed by atoms with Crippen molar-refractivity contribution >= 4 is 38.8 Å². The Morgan fingerprint density at radius 2 is 2.09 bits per heavy atom. The van der Waals surface area contributed by atoms with Gasteiger partial charge in [-0.1, -0.05) is 29.0 Å². The second-order valence-electron chi connectivity index (χ2n) is 4.19. The number of fused-ring (bicyclic) bond motifs is 1. The molecule has 0 spiro atoms. The molecular formula is C14H13N3O3S2. The number of ether oxygens (including phenoxy) is 1. The summed E-state index contributed by atoms with van der Waals surface area (Å²) < 4.78 is 5.00. The average Bonchev–Trinajstić information content (AvgIpc) is 2.53. The van der Waals surface area contributed by atoms with Gasteiger partial charge in [0.2, 0.25) is 0 Å². The molecule has 0 atom stereocenters. The number of rotatable bonds is 6. The first kappa shape index (κ1) is 14.9. The molecule has 2 aromatic heterocycles. The number of hydrogen-bond donors (Lipinski definition) is 1. The molecule has 0 aliphatic heterocycles. The minimum Gasteiger partial charge on any atom is -0.432 e. The maximum Gasteiger partial charge on any atom is 0.535 e. The third kappa shape index (κ3) is 3.77. The number of aromatic nitrogens is 3. The van der Waals surface area contributed by atoms with Crippen LogP contribution in [0.5, 0.6) is 0 Å². The molecule has 1 N–H and O–H groups in total. The topological polar surface area (TPSA) is 69.1 Å². The highest BCUT2D eigenvalue weighted by atomic mass is 33.1. The van der Waals surface area contributed by atoms with Crippen molar-refractivity contribution in [3.05, 3.63) is 48.7 Å². The third-order valence-electron chi connectivity index (χ3n) is 2.68. The van der Waals surface area contributed by atoms with Crippen LogP contribution in [0.25, 0.3) is 11.0 Å². The van der Waals surface area contributed by atoms with Gasteiger partial charge in [0.1, 0.15) is 17.1 Å². The van der Waals surface area contributed by atoms with Crippen LogP contribution >= 0.6 is 21.6 Å². The maximum absolute atomic E-state index is 11.5. The number of para-hydroxylation sites is 2. The number of carbonyl (C=O) groups excluding carboxylic acids is 1. The molecule has 0 saturated carbocycles. The summed E-state index contributed by atoms with van der Waals surface area (Å²) in [5.41, 5.74) is 1.72. The second kappa shape index (κ2) is 7.28. The van der Waals surface area contributed by atoms with E-state index >= 15 is 0 Å². The Balaban J connectivity index is 1.35. The predicted molar refractivity (Wildman–Crippen MR) is 86.8 cm³/mol. The first-order chi connectivity index (χ1) is 10.8. The van der Waals surface area contributed by atoms with Gasteiger partial charge < -0.3 is 4.74 Å². The summed E-state index contributed by atoms with van der Waals surface area (Å²) in [4.78, 5) is 22.0. The third-order valence-corrected chi connectivity index (χ3v) is 4.91. The van der Waals surface area contributed by atoms with Gasteiger partial charge in [-0.3, -0.25) is 9.94 Å². The number of H-pyrrole nitrogens is 1. The Hall–Kier alpha value is -2.06. The minimum absolute atomic E-state index is 0.277. The lowest BCUT2D eigenvalue weighted by molar-refractivity contribution is 0.0425. The molecule has 1 aromatic carbocycles. The van der Waals surface area contributed by atoms with Crippen LogP contribution in [0.4, 0.5) is 4.79 Å². The number of nitrogens with zero attached hydrogens (tertiary/aromatic N) is 2. The summed E-state index contributed by atoms with van der Waals surface area (Å²) in [6.07, 6.45) is 1.01. The van der Waals surface area contributed by atoms with E-state index in [9.17, 15) is 4.79 Å². The molecule has 0 saturated heterocycles. The smallest absolute Gasteiger partial charge is 0.432 e. The van der Waals surface area contributed by atoms with Gasteiger partial charge in [0.05, 0.1) is 5.52 Å². The number of pyridine rings is 1. The number of hydrogen-bond acceptors (Lipinski definition) is 6. The maximum atomic E-state index is 11.5. The number of nitrogens with one attached hydrogen (secondary N) is 1. The van der Waals surface area contributed by atoms with Crippen LogP contribution in [-0.4, -0.2) is 33.4 Å². The minimum atomic E-state index is -0.731. The van der Waals surface area contributed by atoms with E-state index in [0.717, 1.165) is 16.1 Å². The van der Waals surface area contributed by atoms with E-state index < -0.39 is 6.16 Å². The highest BCUT2D eigenvalue weighted by Crippen LogP contribution is 2.28. The molecule has 6 nitrogen and oxygen atoms in total. The standard InChI is InChI=1S/C14H13N3O3S2/c18-14(20-17-12-6-2-1-5-11(12)16-17)19-9-10-21-22-13-7-3-4-8-15-13/h1-8,16H,9-10H2. The van der Waals surface area contributed by atoms with Crippen molar-refractivity contribution < 1.29 is 14.4 Å². The van der Waals surface area contributed by atoms with Crippen LogP contribution < -0.4 is 4.84 Å². The normalized spacial score (nSPS) is 10.7. The Morgan fingerprint density at radius 1 is 1.23 bits per heavy atom. The van der Waals surface area contributed by atoms with E-state index in [4.69, 9.17) is 9.57 Å². The second-order valence-corrected chi connectivity index (χ2v) is 6.62. The lowest BCUT2D eigenvalue weighted by Gasteiger charge is -2.14. The first-order valence-electron chi connectivity index (χ1n) is 6.54. The van der Waals surface area contributed by atoms with Gasteiger partial charge in [-0.2, -0.15) is 0 Å². The van der Waals surface area contributed by atoms with Crippen molar-refractivity contribution in [3.8, 4) is 0 Å². The highest BCUT2D eigenvalue weighted by Gasteiger charge is 2.11. The molecule has 0 amide bonds. The van der Waals surface area contributed by atoms with Crippen LogP contribution in [0.3, 0.4) is 0 Å². The lowest BCUT2D eigenvalue weighted by atomic mass is 10.3. The van der Waals surface area contributed by atoms with Gasteiger partial charge in [-0.25, -0.2) is 9.78 Å². The molecule has 8 heteroatoms. The quantitative estimate of drug-likeness (QED) is 0.423. The van der Waals surface area contributed by atoms with Gasteiger partial charge in [-0.15, -0.1) is 4.85 Å². The number of carbonyl (C=O) groups is 1. The van der Waals surface area contributed by atoms with Crippen molar-refractivity contribution in [1.29, 1.82) is 0 Å². The van der Waals surface area contributed by atoms with Gasteiger partial charge in [0, 0.05) is 11.9 Å². The summed E-state index contributed by atoms with van der Waals surface area (Å²) in [5, 5.41) is 3.80. The zero-order chi connectivity index (χ0) is 15.2. The average molecular weight is 335 g/mol. The molecule has 0 bridgehead atoms. The van der Waals surface area contributed by atoms with Crippen LogP contribution in [0, 0.1) is 0 Å². The van der Waals surface area contributed by atoms with Gasteiger partial charge in [0.15, 0.2) is 0 Å². The predicted octanol–water partition coefficient (Wildman–Crippen LogP) is 3.37. The molecule has 3 aromatic rings. The van der Waals surface area contributed by atoms with Gasteiger partial charge >= 0.3 is 6.16 Å². The Labute approximate surface area is 134 Å². The van der Waals surface area contributed by atoms with Crippen LogP contribution in [0.1, 0.15) is 0 Å². The van der Waals surface area contributed by atoms with Gasteiger partial charge in [-0.05, 0) is 35.1 Å². The summed E-state index contributed by atoms with van der Waals surface area (Å²) in [7, 11) is 3.11. The molecule has 3 rings (SSSR count). The molecule has 0 unspecified atom stereocenters. The molecule has 22 heavy (non-hydrogen) atoms. The van der Waals surface area contributed by atoms with Crippen LogP contribution in [0.2, 0.25) is 0 Å². The van der Waals surface area contributed by atoms with Crippen molar-refractivity contribution in [3.63, 3.8) is 0 Å². The zero-order valence-corrected chi connectivity index (χ0v) is 13.1. The zero-order valence-electron chi connectivity index (χ0n) is 11.5. The van der Waals surface area contributed by atoms with Crippen molar-refractivity contribution in [2.24, 2.45) is 0 Å². The fourth-order valence-corrected chi connectivity index (χ4v) is 3.40. The molecule has 0 radical (unpaired) electrons. The van der Waals surface area contributed by atoms with Gasteiger partial charge in [0.25, 0.3) is 0 Å².